The zero-order chi connectivity index (χ0) is 14.2. The van der Waals surface area contributed by atoms with Crippen LogP contribution < -0.4 is 5.32 Å². The Hall–Kier alpha value is -1.42. The summed E-state index contributed by atoms with van der Waals surface area (Å²) >= 11 is 1.75. The molecule has 2 rings (SSSR count). The Balaban J connectivity index is 2.70. The van der Waals surface area contributed by atoms with Crippen LogP contribution in [0.2, 0.25) is 0 Å². The van der Waals surface area contributed by atoms with E-state index in [1.165, 1.54) is 10.4 Å². The molecule has 2 aromatic rings. The van der Waals surface area contributed by atoms with Crippen LogP contribution in [0.15, 0.2) is 11.4 Å². The Morgan fingerprint density at radius 1 is 1.16 bits per heavy atom. The van der Waals surface area contributed by atoms with Gasteiger partial charge < -0.3 is 5.32 Å². The topological polar surface area (TPSA) is 37.8 Å². The molecule has 0 fully saturated rings. The van der Waals surface area contributed by atoms with Gasteiger partial charge in [-0.2, -0.15) is 0 Å². The van der Waals surface area contributed by atoms with Gasteiger partial charge in [0.25, 0.3) is 0 Å². The second kappa shape index (κ2) is 4.93. The molecule has 0 spiro atoms. The van der Waals surface area contributed by atoms with E-state index in [2.05, 4.69) is 56.4 Å². The lowest BCUT2D eigenvalue weighted by Crippen LogP contribution is -2.18. The Labute approximate surface area is 119 Å². The Morgan fingerprint density at radius 3 is 2.32 bits per heavy atom. The number of anilines is 1. The molecular formula is C15H21N3S. The standard InChI is InChI=1S/C15H21N3S/c1-9-12(11-7-8-19-10(11)2)17-14(15(3,4)5)18-13(9)16-6/h7-8H,1-6H3,(H,16,17,18). The maximum Gasteiger partial charge on any atom is 0.136 e. The maximum atomic E-state index is 4.81. The van der Waals surface area contributed by atoms with E-state index in [0.29, 0.717) is 0 Å². The molecule has 0 aliphatic carbocycles. The molecule has 0 atom stereocenters. The lowest BCUT2D eigenvalue weighted by atomic mass is 9.95. The van der Waals surface area contributed by atoms with Gasteiger partial charge in [0.1, 0.15) is 11.6 Å². The van der Waals surface area contributed by atoms with Crippen molar-refractivity contribution in [2.45, 2.75) is 40.0 Å². The number of rotatable bonds is 2. The van der Waals surface area contributed by atoms with Gasteiger partial charge in [0.15, 0.2) is 0 Å². The van der Waals surface area contributed by atoms with Crippen LogP contribution in [0.1, 0.15) is 37.0 Å². The highest BCUT2D eigenvalue weighted by molar-refractivity contribution is 7.10. The maximum absolute atomic E-state index is 4.81. The predicted octanol–water partition coefficient (Wildman–Crippen LogP) is 4.16. The van der Waals surface area contributed by atoms with E-state index < -0.39 is 0 Å². The monoisotopic (exact) mass is 275 g/mol. The first-order chi connectivity index (χ1) is 8.84. The summed E-state index contributed by atoms with van der Waals surface area (Å²) in [5, 5.41) is 5.29. The molecule has 0 radical (unpaired) electrons. The van der Waals surface area contributed by atoms with Gasteiger partial charge in [-0.15, -0.1) is 11.3 Å². The van der Waals surface area contributed by atoms with E-state index in [1.807, 2.05) is 7.05 Å². The predicted molar refractivity (Wildman–Crippen MR) is 83.1 cm³/mol. The molecule has 1 N–H and O–H groups in total. The molecule has 2 aromatic heterocycles. The second-order valence-electron chi connectivity index (χ2n) is 5.76. The minimum atomic E-state index is -0.0576. The largest absolute Gasteiger partial charge is 0.373 e. The fraction of sp³-hybridized carbons (Fsp3) is 0.467. The fourth-order valence-electron chi connectivity index (χ4n) is 1.99. The third-order valence-corrected chi connectivity index (χ3v) is 4.01. The van der Waals surface area contributed by atoms with Gasteiger partial charge in [-0.25, -0.2) is 9.97 Å². The van der Waals surface area contributed by atoms with E-state index in [4.69, 9.17) is 4.98 Å². The van der Waals surface area contributed by atoms with Gasteiger partial charge in [0, 0.05) is 28.5 Å². The number of hydrogen-bond donors (Lipinski definition) is 1. The summed E-state index contributed by atoms with van der Waals surface area (Å²) in [5.74, 6) is 1.79. The molecule has 2 heterocycles. The number of nitrogens with zero attached hydrogens (tertiary/aromatic N) is 2. The highest BCUT2D eigenvalue weighted by atomic mass is 32.1. The first-order valence-electron chi connectivity index (χ1n) is 6.46. The normalized spacial score (nSPS) is 11.7. The Morgan fingerprint density at radius 2 is 1.84 bits per heavy atom. The molecule has 0 aliphatic rings. The summed E-state index contributed by atoms with van der Waals surface area (Å²) < 4.78 is 0. The van der Waals surface area contributed by atoms with Gasteiger partial charge in [0.2, 0.25) is 0 Å². The summed E-state index contributed by atoms with van der Waals surface area (Å²) in [4.78, 5) is 10.7. The van der Waals surface area contributed by atoms with Crippen LogP contribution in [0.4, 0.5) is 5.82 Å². The minimum absolute atomic E-state index is 0.0576. The fourth-order valence-corrected chi connectivity index (χ4v) is 2.69. The number of hydrogen-bond acceptors (Lipinski definition) is 4. The molecule has 0 saturated carbocycles. The highest BCUT2D eigenvalue weighted by Gasteiger charge is 2.22. The van der Waals surface area contributed by atoms with E-state index in [1.54, 1.807) is 11.3 Å². The average Bonchev–Trinajstić information content (AvgIpc) is 2.74. The molecule has 0 bridgehead atoms. The lowest BCUT2D eigenvalue weighted by Gasteiger charge is -2.20. The first-order valence-corrected chi connectivity index (χ1v) is 7.34. The van der Waals surface area contributed by atoms with Crippen LogP contribution in [-0.2, 0) is 5.41 Å². The van der Waals surface area contributed by atoms with Crippen LogP contribution in [-0.4, -0.2) is 17.0 Å². The number of aryl methyl sites for hydroxylation is 1. The van der Waals surface area contributed by atoms with Gasteiger partial charge >= 0.3 is 0 Å². The van der Waals surface area contributed by atoms with Gasteiger partial charge in [-0.1, -0.05) is 20.8 Å². The van der Waals surface area contributed by atoms with Gasteiger partial charge in [-0.05, 0) is 25.3 Å². The molecule has 4 heteroatoms. The van der Waals surface area contributed by atoms with Crippen molar-refractivity contribution in [1.29, 1.82) is 0 Å². The van der Waals surface area contributed by atoms with Crippen molar-refractivity contribution in [3.05, 3.63) is 27.7 Å². The van der Waals surface area contributed by atoms with Crippen molar-refractivity contribution in [3.63, 3.8) is 0 Å². The molecule has 3 nitrogen and oxygen atoms in total. The van der Waals surface area contributed by atoms with Crippen LogP contribution in [0, 0.1) is 13.8 Å². The summed E-state index contributed by atoms with van der Waals surface area (Å²) in [6.07, 6.45) is 0. The highest BCUT2D eigenvalue weighted by Crippen LogP contribution is 2.33. The summed E-state index contributed by atoms with van der Waals surface area (Å²) in [7, 11) is 1.91. The Bertz CT molecular complexity index is 594. The summed E-state index contributed by atoms with van der Waals surface area (Å²) in [5.41, 5.74) is 3.31. The molecule has 0 saturated heterocycles. The van der Waals surface area contributed by atoms with E-state index in [-0.39, 0.29) is 5.41 Å². The minimum Gasteiger partial charge on any atom is -0.373 e. The second-order valence-corrected chi connectivity index (χ2v) is 6.88. The third-order valence-electron chi connectivity index (χ3n) is 3.17. The zero-order valence-corrected chi connectivity index (χ0v) is 13.3. The van der Waals surface area contributed by atoms with Crippen LogP contribution in [0.5, 0.6) is 0 Å². The molecule has 0 amide bonds. The lowest BCUT2D eigenvalue weighted by molar-refractivity contribution is 0.546. The van der Waals surface area contributed by atoms with E-state index >= 15 is 0 Å². The average molecular weight is 275 g/mol. The van der Waals surface area contributed by atoms with Crippen molar-refractivity contribution >= 4 is 17.2 Å². The molecule has 0 aromatic carbocycles. The quantitative estimate of drug-likeness (QED) is 0.894. The van der Waals surface area contributed by atoms with E-state index in [9.17, 15) is 0 Å². The van der Waals surface area contributed by atoms with Crippen LogP contribution in [0.3, 0.4) is 0 Å². The van der Waals surface area contributed by atoms with Gasteiger partial charge in [0.05, 0.1) is 5.69 Å². The van der Waals surface area contributed by atoms with Crippen molar-refractivity contribution < 1.29 is 0 Å². The van der Waals surface area contributed by atoms with Crippen molar-refractivity contribution in [1.82, 2.24) is 9.97 Å². The van der Waals surface area contributed by atoms with Crippen LogP contribution in [0.25, 0.3) is 11.3 Å². The molecule has 0 unspecified atom stereocenters. The molecule has 19 heavy (non-hydrogen) atoms. The smallest absolute Gasteiger partial charge is 0.136 e. The van der Waals surface area contributed by atoms with Gasteiger partial charge in [-0.3, -0.25) is 0 Å². The number of thiophene rings is 1. The SMILES string of the molecule is CNc1nc(C(C)(C)C)nc(-c2ccsc2C)c1C. The summed E-state index contributed by atoms with van der Waals surface area (Å²) in [6, 6.07) is 2.14. The zero-order valence-electron chi connectivity index (χ0n) is 12.5. The first kappa shape index (κ1) is 14.0. The molecule has 102 valence electrons. The molecule has 0 aliphatic heterocycles. The van der Waals surface area contributed by atoms with Crippen molar-refractivity contribution in [2.24, 2.45) is 0 Å². The van der Waals surface area contributed by atoms with Crippen LogP contribution >= 0.6 is 11.3 Å². The third kappa shape index (κ3) is 2.63. The number of aromatic nitrogens is 2. The molecular weight excluding hydrogens is 254 g/mol. The van der Waals surface area contributed by atoms with Crippen molar-refractivity contribution in [2.75, 3.05) is 12.4 Å². The Kier molecular flexibility index (Phi) is 3.63. The number of nitrogens with one attached hydrogen (secondary N) is 1. The van der Waals surface area contributed by atoms with E-state index in [0.717, 1.165) is 22.9 Å². The summed E-state index contributed by atoms with van der Waals surface area (Å²) in [6.45, 7) is 10.6. The van der Waals surface area contributed by atoms with Crippen molar-refractivity contribution in [3.8, 4) is 11.3 Å².